The first-order chi connectivity index (χ1) is 29.1. The van der Waals surface area contributed by atoms with Gasteiger partial charge in [0, 0.05) is 59.6 Å². The molecule has 308 valence electrons. The fraction of sp³-hybridized carbons (Fsp3) is 0.319. The number of carbonyl (C=O) groups is 2. The Balaban J connectivity index is 0.955. The maximum Gasteiger partial charge on any atom is 0.261 e. The van der Waals surface area contributed by atoms with Gasteiger partial charge in [-0.1, -0.05) is 50.2 Å². The van der Waals surface area contributed by atoms with Crippen molar-refractivity contribution >= 4 is 53.4 Å². The Morgan fingerprint density at radius 3 is 2.05 bits per heavy atom. The van der Waals surface area contributed by atoms with E-state index in [2.05, 4.69) is 37.9 Å². The average Bonchev–Trinajstić information content (AvgIpc) is 3.74. The summed E-state index contributed by atoms with van der Waals surface area (Å²) in [6, 6.07) is 26.5. The Kier molecular flexibility index (Phi) is 10.5. The Morgan fingerprint density at radius 1 is 0.750 bits per heavy atom. The molecule has 0 bridgehead atoms. The van der Waals surface area contributed by atoms with Crippen LogP contribution >= 0.6 is 12.6 Å². The summed E-state index contributed by atoms with van der Waals surface area (Å²) in [6.07, 6.45) is 5.01. The predicted octanol–water partition coefficient (Wildman–Crippen LogP) is 8.41. The van der Waals surface area contributed by atoms with Gasteiger partial charge in [-0.05, 0) is 54.7 Å². The topological polar surface area (TPSA) is 124 Å². The van der Waals surface area contributed by atoms with Crippen molar-refractivity contribution in [3.63, 3.8) is 0 Å². The number of para-hydroxylation sites is 2. The minimum atomic E-state index is -0.176. The summed E-state index contributed by atoms with van der Waals surface area (Å²) in [4.78, 5) is 41.3. The molecule has 2 unspecified atom stereocenters. The molecule has 0 spiro atoms. The first kappa shape index (κ1) is 39.3. The van der Waals surface area contributed by atoms with Crippen molar-refractivity contribution in [3.05, 3.63) is 119 Å². The Bertz CT molecular complexity index is 2520. The van der Waals surface area contributed by atoms with E-state index in [0.717, 1.165) is 41.8 Å². The second kappa shape index (κ2) is 16.1. The maximum absolute atomic E-state index is 14.0. The summed E-state index contributed by atoms with van der Waals surface area (Å²) < 4.78 is 30.4. The van der Waals surface area contributed by atoms with Gasteiger partial charge >= 0.3 is 0 Å². The molecule has 12 nitrogen and oxygen atoms in total. The summed E-state index contributed by atoms with van der Waals surface area (Å²) in [5, 5.41) is 3.49. The van der Waals surface area contributed by atoms with Gasteiger partial charge in [-0.15, -0.1) is 0 Å². The number of fused-ring (bicyclic) bond motifs is 8. The number of thiol groups is 1. The van der Waals surface area contributed by atoms with E-state index in [-0.39, 0.29) is 41.9 Å². The maximum atomic E-state index is 14.0. The van der Waals surface area contributed by atoms with Crippen molar-refractivity contribution in [2.45, 2.75) is 69.6 Å². The Labute approximate surface area is 354 Å². The highest BCUT2D eigenvalue weighted by Gasteiger charge is 2.38. The van der Waals surface area contributed by atoms with Crippen LogP contribution in [0.2, 0.25) is 0 Å². The van der Waals surface area contributed by atoms with Crippen LogP contribution in [-0.2, 0) is 26.1 Å². The molecule has 2 amide bonds. The van der Waals surface area contributed by atoms with Crippen LogP contribution in [0.15, 0.2) is 89.9 Å². The van der Waals surface area contributed by atoms with Gasteiger partial charge in [0.05, 0.1) is 66.8 Å². The molecule has 4 aromatic carbocycles. The molecular formula is C47H47N5O7S. The van der Waals surface area contributed by atoms with Crippen LogP contribution < -0.4 is 38.8 Å². The average molecular weight is 826 g/mol. The number of methoxy groups -OCH3 is 2. The summed E-state index contributed by atoms with van der Waals surface area (Å²) >= 11 is 4.67. The van der Waals surface area contributed by atoms with Gasteiger partial charge in [0.1, 0.15) is 19.0 Å². The number of aromatic nitrogens is 1. The van der Waals surface area contributed by atoms with E-state index in [0.29, 0.717) is 82.2 Å². The fourth-order valence-corrected chi connectivity index (χ4v) is 8.61. The molecule has 4 aliphatic heterocycles. The lowest BCUT2D eigenvalue weighted by atomic mass is 10.1. The third-order valence-corrected chi connectivity index (χ3v) is 11.6. The first-order valence-electron chi connectivity index (χ1n) is 20.2. The van der Waals surface area contributed by atoms with Crippen molar-refractivity contribution < 1.29 is 33.3 Å². The van der Waals surface area contributed by atoms with Crippen molar-refractivity contribution in [2.75, 3.05) is 42.5 Å². The normalized spacial score (nSPS) is 17.3. The lowest BCUT2D eigenvalue weighted by Gasteiger charge is -2.22. The molecule has 1 aromatic heterocycles. The minimum absolute atomic E-state index is 0.000866. The van der Waals surface area contributed by atoms with Crippen LogP contribution in [0.25, 0.3) is 0 Å². The molecule has 1 N–H and O–H groups in total. The largest absolute Gasteiger partial charge is 0.493 e. The van der Waals surface area contributed by atoms with E-state index >= 15 is 0 Å². The van der Waals surface area contributed by atoms with Crippen molar-refractivity contribution in [1.29, 1.82) is 0 Å². The van der Waals surface area contributed by atoms with Gasteiger partial charge in [-0.3, -0.25) is 24.5 Å². The Morgan fingerprint density at radius 2 is 1.37 bits per heavy atom. The molecule has 0 aliphatic carbocycles. The molecule has 4 aliphatic rings. The number of benzene rings is 4. The van der Waals surface area contributed by atoms with Crippen molar-refractivity contribution in [1.82, 2.24) is 4.98 Å². The third kappa shape index (κ3) is 7.69. The second-order valence-electron chi connectivity index (χ2n) is 16.1. The lowest BCUT2D eigenvalue weighted by molar-refractivity contribution is 0.0976. The van der Waals surface area contributed by atoms with E-state index in [9.17, 15) is 9.59 Å². The zero-order valence-electron chi connectivity index (χ0n) is 34.1. The number of nitrogens with one attached hydrogen (secondary N) is 1. The van der Waals surface area contributed by atoms with Crippen molar-refractivity contribution in [3.8, 4) is 28.7 Å². The van der Waals surface area contributed by atoms with Gasteiger partial charge in [-0.25, -0.2) is 0 Å². The first-order valence-corrected chi connectivity index (χ1v) is 20.7. The predicted molar refractivity (Wildman–Crippen MR) is 235 cm³/mol. The standard InChI is InChI=1S/C47H47N5O7S/c1-47(2,60)14-9-15-57-34-18-30(26-58-43-22-37-35(20-41(43)55-3)45(53)51-32(24-48-37)16-28-10-5-7-12-39(28)51)50-31(19-34)27-59-44-23-38-36(21-42(44)56-4)46(54)52-33(25-49-38)17-29-11-6-8-13-40(29)52/h5-8,10-13,18-24,32-33,49,60H,9,14-17,25-27H2,1-4H3. The number of nitrogens with zero attached hydrogens (tertiary/aromatic N) is 4. The molecule has 5 aromatic rings. The van der Waals surface area contributed by atoms with E-state index < -0.39 is 0 Å². The minimum Gasteiger partial charge on any atom is -0.493 e. The highest BCUT2D eigenvalue weighted by molar-refractivity contribution is 7.81. The van der Waals surface area contributed by atoms with E-state index in [1.807, 2.05) is 71.8 Å². The van der Waals surface area contributed by atoms with Gasteiger partial charge in [0.25, 0.3) is 11.8 Å². The summed E-state index contributed by atoms with van der Waals surface area (Å²) in [6.45, 7) is 5.40. The number of aliphatic imine (C=N–C) groups is 1. The molecule has 0 radical (unpaired) electrons. The molecule has 0 saturated carbocycles. The summed E-state index contributed by atoms with van der Waals surface area (Å²) in [5.41, 5.74) is 7.45. The molecule has 0 fully saturated rings. The SMILES string of the molecule is COc1cc2c(cc1OCc1cc(OCCCC(C)(C)S)cc(COc3cc4c(cc3OC)C(=O)N3c5ccccc5CC3CN4)n1)N=CC1Cc3ccccc3N1C2=O. The van der Waals surface area contributed by atoms with E-state index in [4.69, 9.17) is 33.7 Å². The van der Waals surface area contributed by atoms with Crippen molar-refractivity contribution in [2.24, 2.45) is 4.99 Å². The monoisotopic (exact) mass is 825 g/mol. The second-order valence-corrected chi connectivity index (χ2v) is 17.3. The van der Waals surface area contributed by atoms with Crippen LogP contribution in [0, 0.1) is 0 Å². The number of ether oxygens (including phenoxy) is 5. The van der Waals surface area contributed by atoms with Gasteiger partial charge in [-0.2, -0.15) is 12.6 Å². The van der Waals surface area contributed by atoms with E-state index in [1.165, 1.54) is 0 Å². The smallest absolute Gasteiger partial charge is 0.261 e. The molecule has 2 atom stereocenters. The summed E-state index contributed by atoms with van der Waals surface area (Å²) in [5.74, 6) is 2.12. The van der Waals surface area contributed by atoms with Crippen LogP contribution in [0.3, 0.4) is 0 Å². The molecule has 13 heteroatoms. The highest BCUT2D eigenvalue weighted by Crippen LogP contribution is 2.43. The van der Waals surface area contributed by atoms with Gasteiger partial charge in [0.15, 0.2) is 23.0 Å². The molecule has 60 heavy (non-hydrogen) atoms. The van der Waals surface area contributed by atoms with Crippen LogP contribution in [0.1, 0.15) is 69.9 Å². The van der Waals surface area contributed by atoms with Gasteiger partial charge < -0.3 is 33.9 Å². The number of hydrogen-bond acceptors (Lipinski definition) is 11. The highest BCUT2D eigenvalue weighted by atomic mass is 32.1. The lowest BCUT2D eigenvalue weighted by Crippen LogP contribution is -2.39. The summed E-state index contributed by atoms with van der Waals surface area (Å²) in [7, 11) is 3.11. The van der Waals surface area contributed by atoms with Crippen LogP contribution in [0.4, 0.5) is 22.7 Å². The number of carbonyl (C=O) groups excluding carboxylic acids is 2. The zero-order chi connectivity index (χ0) is 41.5. The van der Waals surface area contributed by atoms with Crippen LogP contribution in [0.5, 0.6) is 28.7 Å². The third-order valence-electron chi connectivity index (χ3n) is 11.3. The molecule has 0 saturated heterocycles. The molecule has 5 heterocycles. The number of pyridine rings is 1. The quantitative estimate of drug-likeness (QED) is 0.0890. The number of amides is 2. The number of rotatable bonds is 13. The van der Waals surface area contributed by atoms with Crippen LogP contribution in [-0.4, -0.2) is 67.2 Å². The van der Waals surface area contributed by atoms with E-state index in [1.54, 1.807) is 37.3 Å². The molecule has 9 rings (SSSR count). The Hall–Kier alpha value is -6.21. The number of anilines is 3. The van der Waals surface area contributed by atoms with Gasteiger partial charge in [0.2, 0.25) is 0 Å². The molecular weight excluding hydrogens is 779 g/mol. The fourth-order valence-electron chi connectivity index (χ4n) is 8.45. The number of hydrogen-bond donors (Lipinski definition) is 2. The zero-order valence-corrected chi connectivity index (χ0v) is 35.0.